The van der Waals surface area contributed by atoms with Gasteiger partial charge in [0.05, 0.1) is 5.39 Å². The molecule has 1 fully saturated rings. The van der Waals surface area contributed by atoms with Crippen molar-refractivity contribution in [3.8, 4) is 11.1 Å². The summed E-state index contributed by atoms with van der Waals surface area (Å²) in [7, 11) is 0. The number of hydrogen-bond acceptors (Lipinski definition) is 5. The molecule has 7 heteroatoms. The lowest BCUT2D eigenvalue weighted by Crippen LogP contribution is -2.23. The van der Waals surface area contributed by atoms with Crippen molar-refractivity contribution in [2.45, 2.75) is 17.9 Å². The number of rotatable bonds is 2. The Bertz CT molecular complexity index is 886. The lowest BCUT2D eigenvalue weighted by atomic mass is 10.1. The standard InChI is InChI=1S/C17H14FN3S3/c18-12-5-3-11(4-6-12)13-9-23-15-14(13)16(20-10-19-15)24-17(22)21-7-1-2-8-21/h3-6,9-10H,1-2,7-8H2. The minimum atomic E-state index is -0.237. The topological polar surface area (TPSA) is 29.0 Å². The first-order valence-electron chi connectivity index (χ1n) is 7.67. The molecule has 0 saturated carbocycles. The number of likely N-dealkylation sites (tertiary alicyclic amines) is 1. The van der Waals surface area contributed by atoms with E-state index in [0.29, 0.717) is 0 Å². The van der Waals surface area contributed by atoms with Crippen molar-refractivity contribution >= 4 is 49.9 Å². The molecule has 0 aliphatic carbocycles. The smallest absolute Gasteiger partial charge is 0.142 e. The zero-order valence-electron chi connectivity index (χ0n) is 12.7. The summed E-state index contributed by atoms with van der Waals surface area (Å²) in [5.74, 6) is -0.237. The van der Waals surface area contributed by atoms with Gasteiger partial charge >= 0.3 is 0 Å². The van der Waals surface area contributed by atoms with Crippen molar-refractivity contribution in [1.82, 2.24) is 14.9 Å². The Hall–Kier alpha value is -1.57. The molecule has 24 heavy (non-hydrogen) atoms. The number of aromatic nitrogens is 2. The molecule has 3 nitrogen and oxygen atoms in total. The molecule has 0 amide bonds. The van der Waals surface area contributed by atoms with Gasteiger partial charge in [0, 0.05) is 24.0 Å². The van der Waals surface area contributed by atoms with Crippen molar-refractivity contribution in [3.05, 3.63) is 41.8 Å². The van der Waals surface area contributed by atoms with Gasteiger partial charge in [0.15, 0.2) is 0 Å². The Balaban J connectivity index is 1.74. The van der Waals surface area contributed by atoms with E-state index in [9.17, 15) is 4.39 Å². The molecular weight excluding hydrogens is 361 g/mol. The molecule has 1 aromatic carbocycles. The summed E-state index contributed by atoms with van der Waals surface area (Å²) in [5.41, 5.74) is 1.99. The van der Waals surface area contributed by atoms with Gasteiger partial charge in [-0.15, -0.1) is 11.3 Å². The summed E-state index contributed by atoms with van der Waals surface area (Å²) >= 11 is 8.69. The zero-order valence-corrected chi connectivity index (χ0v) is 15.2. The average Bonchev–Trinajstić information content (AvgIpc) is 3.26. The van der Waals surface area contributed by atoms with Crippen LogP contribution >= 0.6 is 35.3 Å². The van der Waals surface area contributed by atoms with Crippen LogP contribution in [0.2, 0.25) is 0 Å². The molecule has 0 radical (unpaired) electrons. The fourth-order valence-corrected chi connectivity index (χ4v) is 5.10. The number of thiocarbonyl (C=S) groups is 1. The molecule has 0 atom stereocenters. The van der Waals surface area contributed by atoms with E-state index >= 15 is 0 Å². The minimum absolute atomic E-state index is 0.237. The Kier molecular flexibility index (Phi) is 4.47. The first kappa shape index (κ1) is 15.9. The molecule has 3 aromatic rings. The fraction of sp³-hybridized carbons (Fsp3) is 0.235. The predicted octanol–water partition coefficient (Wildman–Crippen LogP) is 4.97. The Morgan fingerprint density at radius 2 is 1.92 bits per heavy atom. The largest absolute Gasteiger partial charge is 0.357 e. The maximum atomic E-state index is 13.2. The third-order valence-electron chi connectivity index (χ3n) is 4.04. The summed E-state index contributed by atoms with van der Waals surface area (Å²) in [6.45, 7) is 2.04. The van der Waals surface area contributed by atoms with Crippen LogP contribution in [0.1, 0.15) is 12.8 Å². The molecule has 0 spiro atoms. The first-order chi connectivity index (χ1) is 11.7. The minimum Gasteiger partial charge on any atom is -0.357 e. The van der Waals surface area contributed by atoms with E-state index in [4.69, 9.17) is 12.2 Å². The van der Waals surface area contributed by atoms with E-state index in [1.54, 1.807) is 29.8 Å². The van der Waals surface area contributed by atoms with Gasteiger partial charge in [-0.1, -0.05) is 24.4 Å². The lowest BCUT2D eigenvalue weighted by molar-refractivity contribution is 0.539. The molecule has 3 heterocycles. The third kappa shape index (κ3) is 3.03. The van der Waals surface area contributed by atoms with Crippen molar-refractivity contribution in [2.24, 2.45) is 0 Å². The van der Waals surface area contributed by atoms with Crippen LogP contribution in [0.3, 0.4) is 0 Å². The molecule has 122 valence electrons. The number of fused-ring (bicyclic) bond motifs is 1. The Morgan fingerprint density at radius 1 is 1.17 bits per heavy atom. The van der Waals surface area contributed by atoms with Crippen LogP contribution in [-0.4, -0.2) is 32.3 Å². The van der Waals surface area contributed by atoms with Gasteiger partial charge in [-0.2, -0.15) is 0 Å². The molecular formula is C17H14FN3S3. The van der Waals surface area contributed by atoms with Crippen LogP contribution in [-0.2, 0) is 0 Å². The third-order valence-corrected chi connectivity index (χ3v) is 6.37. The summed E-state index contributed by atoms with van der Waals surface area (Å²) in [4.78, 5) is 12.0. The number of halogens is 1. The van der Waals surface area contributed by atoms with Gasteiger partial charge < -0.3 is 4.90 Å². The number of thiophene rings is 1. The van der Waals surface area contributed by atoms with Crippen molar-refractivity contribution in [2.75, 3.05) is 13.1 Å². The van der Waals surface area contributed by atoms with Crippen LogP contribution in [0, 0.1) is 5.82 Å². The van der Waals surface area contributed by atoms with Gasteiger partial charge in [0.25, 0.3) is 0 Å². The molecule has 1 saturated heterocycles. The Morgan fingerprint density at radius 3 is 2.67 bits per heavy atom. The highest BCUT2D eigenvalue weighted by Gasteiger charge is 2.19. The van der Waals surface area contributed by atoms with Gasteiger partial charge in [-0.05, 0) is 42.3 Å². The molecule has 1 aliphatic rings. The lowest BCUT2D eigenvalue weighted by Gasteiger charge is -2.17. The van der Waals surface area contributed by atoms with E-state index < -0.39 is 0 Å². The van der Waals surface area contributed by atoms with E-state index in [1.807, 2.05) is 0 Å². The van der Waals surface area contributed by atoms with Crippen LogP contribution < -0.4 is 0 Å². The van der Waals surface area contributed by atoms with Crippen LogP contribution in [0.5, 0.6) is 0 Å². The molecule has 4 rings (SSSR count). The molecule has 0 unspecified atom stereocenters. The number of thioether (sulfide) groups is 1. The zero-order chi connectivity index (χ0) is 16.5. The Labute approximate surface area is 152 Å². The van der Waals surface area contributed by atoms with E-state index in [2.05, 4.69) is 20.2 Å². The van der Waals surface area contributed by atoms with Crippen LogP contribution in [0.25, 0.3) is 21.3 Å². The molecule has 0 bridgehead atoms. The maximum absolute atomic E-state index is 13.2. The summed E-state index contributed by atoms with van der Waals surface area (Å²) < 4.78 is 14.1. The average molecular weight is 376 g/mol. The second-order valence-corrected chi connectivity index (χ2v) is 8.06. The van der Waals surface area contributed by atoms with Gasteiger partial charge in [-0.3, -0.25) is 0 Å². The first-order valence-corrected chi connectivity index (χ1v) is 9.78. The second-order valence-electron chi connectivity index (χ2n) is 5.58. The molecule has 0 N–H and O–H groups in total. The predicted molar refractivity (Wildman–Crippen MR) is 102 cm³/mol. The summed E-state index contributed by atoms with van der Waals surface area (Å²) in [5, 5.41) is 3.92. The van der Waals surface area contributed by atoms with Crippen LogP contribution in [0.4, 0.5) is 4.39 Å². The monoisotopic (exact) mass is 375 g/mol. The SMILES string of the molecule is Fc1ccc(-c2csc3ncnc(SC(=S)N4CCCC4)c23)cc1. The summed E-state index contributed by atoms with van der Waals surface area (Å²) in [6, 6.07) is 6.53. The quantitative estimate of drug-likeness (QED) is 0.358. The van der Waals surface area contributed by atoms with E-state index in [1.165, 1.54) is 36.7 Å². The fourth-order valence-electron chi connectivity index (χ4n) is 2.81. The summed E-state index contributed by atoms with van der Waals surface area (Å²) in [6.07, 6.45) is 3.97. The molecule has 2 aromatic heterocycles. The van der Waals surface area contributed by atoms with E-state index in [0.717, 1.165) is 43.8 Å². The second kappa shape index (κ2) is 6.74. The molecule has 1 aliphatic heterocycles. The number of benzene rings is 1. The van der Waals surface area contributed by atoms with Gasteiger partial charge in [0.1, 0.15) is 26.3 Å². The maximum Gasteiger partial charge on any atom is 0.142 e. The van der Waals surface area contributed by atoms with Crippen molar-refractivity contribution < 1.29 is 4.39 Å². The van der Waals surface area contributed by atoms with Crippen molar-refractivity contribution in [3.63, 3.8) is 0 Å². The van der Waals surface area contributed by atoms with Gasteiger partial charge in [-0.25, -0.2) is 14.4 Å². The normalized spacial score (nSPS) is 14.5. The number of hydrogen-bond donors (Lipinski definition) is 0. The number of nitrogens with zero attached hydrogens (tertiary/aromatic N) is 3. The van der Waals surface area contributed by atoms with E-state index in [-0.39, 0.29) is 5.82 Å². The highest BCUT2D eigenvalue weighted by molar-refractivity contribution is 8.23. The highest BCUT2D eigenvalue weighted by Crippen LogP contribution is 2.38. The van der Waals surface area contributed by atoms with Gasteiger partial charge in [0.2, 0.25) is 0 Å². The highest BCUT2D eigenvalue weighted by atomic mass is 32.2. The van der Waals surface area contributed by atoms with Crippen molar-refractivity contribution in [1.29, 1.82) is 0 Å². The van der Waals surface area contributed by atoms with Crippen LogP contribution in [0.15, 0.2) is 41.0 Å².